The summed E-state index contributed by atoms with van der Waals surface area (Å²) in [7, 11) is 0. The quantitative estimate of drug-likeness (QED) is 0.874. The highest BCUT2D eigenvalue weighted by molar-refractivity contribution is 7.99. The van der Waals surface area contributed by atoms with Crippen molar-refractivity contribution in [2.75, 3.05) is 11.1 Å². The van der Waals surface area contributed by atoms with Crippen molar-refractivity contribution < 1.29 is 9.59 Å². The summed E-state index contributed by atoms with van der Waals surface area (Å²) in [6, 6.07) is 7.29. The van der Waals surface area contributed by atoms with Crippen molar-refractivity contribution >= 4 is 29.3 Å². The molecular formula is C17H24N2O2S. The van der Waals surface area contributed by atoms with Crippen LogP contribution in [0.5, 0.6) is 0 Å². The molecule has 22 heavy (non-hydrogen) atoms. The van der Waals surface area contributed by atoms with Gasteiger partial charge in [-0.05, 0) is 42.9 Å². The highest BCUT2D eigenvalue weighted by atomic mass is 32.2. The van der Waals surface area contributed by atoms with Gasteiger partial charge in [-0.1, -0.05) is 19.8 Å². The molecule has 0 spiro atoms. The fourth-order valence-electron chi connectivity index (χ4n) is 2.84. The van der Waals surface area contributed by atoms with Crippen LogP contribution in [-0.2, 0) is 4.79 Å². The van der Waals surface area contributed by atoms with E-state index in [0.717, 1.165) is 12.2 Å². The first-order valence-corrected chi connectivity index (χ1v) is 8.95. The predicted molar refractivity (Wildman–Crippen MR) is 92.4 cm³/mol. The van der Waals surface area contributed by atoms with Gasteiger partial charge in [-0.25, -0.2) is 0 Å². The number of benzene rings is 1. The Labute approximate surface area is 136 Å². The molecule has 1 aliphatic rings. The molecule has 1 aromatic rings. The van der Waals surface area contributed by atoms with E-state index in [-0.39, 0.29) is 17.9 Å². The highest BCUT2D eigenvalue weighted by Crippen LogP contribution is 2.28. The number of nitrogens with one attached hydrogen (secondary N) is 2. The maximum absolute atomic E-state index is 12.4. The molecule has 120 valence electrons. The Morgan fingerprint density at radius 2 is 1.86 bits per heavy atom. The Kier molecular flexibility index (Phi) is 6.31. The molecule has 2 amide bonds. The Balaban J connectivity index is 1.97. The highest BCUT2D eigenvalue weighted by Gasteiger charge is 2.26. The number of hydrogen-bond acceptors (Lipinski definition) is 3. The number of amides is 2. The van der Waals surface area contributed by atoms with E-state index in [2.05, 4.69) is 17.6 Å². The first-order chi connectivity index (χ1) is 10.6. The average molecular weight is 320 g/mol. The maximum atomic E-state index is 12.4. The van der Waals surface area contributed by atoms with Crippen molar-refractivity contribution in [2.24, 2.45) is 0 Å². The summed E-state index contributed by atoms with van der Waals surface area (Å²) in [5, 5.41) is 6.41. The SMILES string of the molecule is CCS[C@H]1CCCC[C@H]1NC(=O)c1ccc(NC(C)=O)cc1. The fourth-order valence-corrected chi connectivity index (χ4v) is 4.03. The molecule has 5 heteroatoms. The number of thioether (sulfide) groups is 1. The molecule has 1 aliphatic carbocycles. The average Bonchev–Trinajstić information content (AvgIpc) is 2.49. The minimum atomic E-state index is -0.112. The van der Waals surface area contributed by atoms with Crippen molar-refractivity contribution in [2.45, 2.75) is 50.8 Å². The summed E-state index contributed by atoms with van der Waals surface area (Å²) in [4.78, 5) is 23.4. The molecule has 1 fully saturated rings. The zero-order valence-corrected chi connectivity index (χ0v) is 14.0. The summed E-state index contributed by atoms with van der Waals surface area (Å²) in [6.45, 7) is 3.63. The van der Waals surface area contributed by atoms with Crippen LogP contribution in [0.1, 0.15) is 49.9 Å². The van der Waals surface area contributed by atoms with E-state index in [1.54, 1.807) is 24.3 Å². The van der Waals surface area contributed by atoms with Crippen LogP contribution in [0, 0.1) is 0 Å². The summed E-state index contributed by atoms with van der Waals surface area (Å²) in [6.07, 6.45) is 4.70. The molecule has 2 N–H and O–H groups in total. The van der Waals surface area contributed by atoms with Crippen molar-refractivity contribution in [3.63, 3.8) is 0 Å². The second kappa shape index (κ2) is 8.22. The Bertz CT molecular complexity index is 514. The van der Waals surface area contributed by atoms with E-state index in [9.17, 15) is 9.59 Å². The molecule has 2 rings (SSSR count). The lowest BCUT2D eigenvalue weighted by atomic mass is 9.94. The van der Waals surface area contributed by atoms with Crippen LogP contribution < -0.4 is 10.6 Å². The van der Waals surface area contributed by atoms with E-state index < -0.39 is 0 Å². The van der Waals surface area contributed by atoms with Gasteiger partial charge in [-0.15, -0.1) is 0 Å². The Hall–Kier alpha value is -1.49. The third-order valence-electron chi connectivity index (χ3n) is 3.87. The monoisotopic (exact) mass is 320 g/mol. The molecule has 4 nitrogen and oxygen atoms in total. The lowest BCUT2D eigenvalue weighted by Crippen LogP contribution is -2.43. The van der Waals surface area contributed by atoms with Gasteiger partial charge in [0.2, 0.25) is 5.91 Å². The fraction of sp³-hybridized carbons (Fsp3) is 0.529. The summed E-state index contributed by atoms with van der Waals surface area (Å²) in [5.41, 5.74) is 1.35. The van der Waals surface area contributed by atoms with Crippen LogP contribution in [0.15, 0.2) is 24.3 Å². The number of carbonyl (C=O) groups excluding carboxylic acids is 2. The van der Waals surface area contributed by atoms with Crippen molar-refractivity contribution in [3.05, 3.63) is 29.8 Å². The van der Waals surface area contributed by atoms with Gasteiger partial charge in [-0.2, -0.15) is 11.8 Å². The normalized spacial score (nSPS) is 21.2. The Morgan fingerprint density at radius 3 is 2.50 bits per heavy atom. The standard InChI is InChI=1S/C17H24N2O2S/c1-3-22-16-7-5-4-6-15(16)19-17(21)13-8-10-14(11-9-13)18-12(2)20/h8-11,15-16H,3-7H2,1-2H3,(H,18,20)(H,19,21)/t15-,16+/m1/s1. The molecule has 1 aromatic carbocycles. The second-order valence-corrected chi connectivity index (χ2v) is 7.13. The molecule has 0 unspecified atom stereocenters. The van der Waals surface area contributed by atoms with E-state index in [1.807, 2.05) is 11.8 Å². The van der Waals surface area contributed by atoms with Gasteiger partial charge in [0.1, 0.15) is 0 Å². The number of hydrogen-bond donors (Lipinski definition) is 2. The van der Waals surface area contributed by atoms with E-state index in [4.69, 9.17) is 0 Å². The molecule has 2 atom stereocenters. The van der Waals surface area contributed by atoms with Crippen LogP contribution >= 0.6 is 11.8 Å². The third kappa shape index (κ3) is 4.77. The number of rotatable bonds is 5. The van der Waals surface area contributed by atoms with Gasteiger partial charge in [0.05, 0.1) is 0 Å². The first-order valence-electron chi connectivity index (χ1n) is 7.90. The second-order valence-electron chi connectivity index (χ2n) is 5.62. The van der Waals surface area contributed by atoms with Crippen molar-refractivity contribution in [3.8, 4) is 0 Å². The van der Waals surface area contributed by atoms with Crippen LogP contribution in [0.3, 0.4) is 0 Å². The minimum Gasteiger partial charge on any atom is -0.348 e. The molecule has 0 radical (unpaired) electrons. The van der Waals surface area contributed by atoms with E-state index >= 15 is 0 Å². The summed E-state index contributed by atoms with van der Waals surface area (Å²) < 4.78 is 0. The molecule has 0 saturated heterocycles. The van der Waals surface area contributed by atoms with Gasteiger partial charge in [0.15, 0.2) is 0 Å². The molecule has 1 saturated carbocycles. The van der Waals surface area contributed by atoms with Gasteiger partial charge in [-0.3, -0.25) is 9.59 Å². The van der Waals surface area contributed by atoms with Crippen LogP contribution in [0.2, 0.25) is 0 Å². The molecule has 0 aliphatic heterocycles. The van der Waals surface area contributed by atoms with Crippen LogP contribution in [0.25, 0.3) is 0 Å². The lowest BCUT2D eigenvalue weighted by Gasteiger charge is -2.31. The zero-order chi connectivity index (χ0) is 15.9. The smallest absolute Gasteiger partial charge is 0.251 e. The maximum Gasteiger partial charge on any atom is 0.251 e. The topological polar surface area (TPSA) is 58.2 Å². The summed E-state index contributed by atoms with van der Waals surface area (Å²) >= 11 is 1.94. The molecule has 0 bridgehead atoms. The number of anilines is 1. The first kappa shape index (κ1) is 16.9. The largest absolute Gasteiger partial charge is 0.348 e. The zero-order valence-electron chi connectivity index (χ0n) is 13.2. The van der Waals surface area contributed by atoms with Crippen molar-refractivity contribution in [1.29, 1.82) is 0 Å². The van der Waals surface area contributed by atoms with Crippen LogP contribution in [-0.4, -0.2) is 28.9 Å². The molecular weight excluding hydrogens is 296 g/mol. The van der Waals surface area contributed by atoms with E-state index in [1.165, 1.54) is 26.2 Å². The van der Waals surface area contributed by atoms with E-state index in [0.29, 0.717) is 16.5 Å². The van der Waals surface area contributed by atoms with Gasteiger partial charge >= 0.3 is 0 Å². The van der Waals surface area contributed by atoms with Gasteiger partial charge < -0.3 is 10.6 Å². The summed E-state index contributed by atoms with van der Waals surface area (Å²) in [5.74, 6) is 0.949. The molecule has 0 aromatic heterocycles. The lowest BCUT2D eigenvalue weighted by molar-refractivity contribution is -0.114. The predicted octanol–water partition coefficient (Wildman–Crippen LogP) is 3.44. The van der Waals surface area contributed by atoms with Gasteiger partial charge in [0, 0.05) is 29.5 Å². The van der Waals surface area contributed by atoms with Crippen molar-refractivity contribution in [1.82, 2.24) is 5.32 Å². The van der Waals surface area contributed by atoms with Crippen LogP contribution in [0.4, 0.5) is 5.69 Å². The van der Waals surface area contributed by atoms with Gasteiger partial charge in [0.25, 0.3) is 5.91 Å². The number of carbonyl (C=O) groups is 2. The third-order valence-corrected chi connectivity index (χ3v) is 5.19. The molecule has 0 heterocycles. The minimum absolute atomic E-state index is 0.0250. The Morgan fingerprint density at radius 1 is 1.18 bits per heavy atom.